The topological polar surface area (TPSA) is 34.2 Å². The number of hydrogen-bond donors (Lipinski definition) is 1. The fourth-order valence-electron chi connectivity index (χ4n) is 1.43. The fraction of sp³-hybridized carbons (Fsp3) is 0.154. The standard InChI is InChI=1S/C13H13ClN2O/c1-15-12-6-13(8-16-7-12)17-9-10-3-2-4-11(14)5-10/h2-8,15H,9H2,1H3. The maximum absolute atomic E-state index is 5.90. The van der Waals surface area contributed by atoms with Gasteiger partial charge in [-0.05, 0) is 17.7 Å². The van der Waals surface area contributed by atoms with Crippen molar-refractivity contribution in [1.82, 2.24) is 4.98 Å². The Morgan fingerprint density at radius 3 is 2.94 bits per heavy atom. The molecule has 0 unspecified atom stereocenters. The van der Waals surface area contributed by atoms with Crippen LogP contribution in [0.4, 0.5) is 5.69 Å². The highest BCUT2D eigenvalue weighted by molar-refractivity contribution is 6.30. The molecule has 4 heteroatoms. The second-order valence-electron chi connectivity index (χ2n) is 3.58. The molecule has 0 saturated heterocycles. The first-order valence-corrected chi connectivity index (χ1v) is 5.66. The number of benzene rings is 1. The first-order valence-electron chi connectivity index (χ1n) is 5.28. The van der Waals surface area contributed by atoms with Crippen LogP contribution in [0, 0.1) is 0 Å². The molecule has 0 bridgehead atoms. The molecule has 3 nitrogen and oxygen atoms in total. The lowest BCUT2D eigenvalue weighted by Gasteiger charge is -2.07. The van der Waals surface area contributed by atoms with Gasteiger partial charge in [-0.15, -0.1) is 0 Å². The minimum atomic E-state index is 0.482. The Labute approximate surface area is 105 Å². The van der Waals surface area contributed by atoms with Crippen molar-refractivity contribution in [3.05, 3.63) is 53.3 Å². The Balaban J connectivity index is 2.02. The molecule has 1 heterocycles. The Kier molecular flexibility index (Phi) is 3.83. The second-order valence-corrected chi connectivity index (χ2v) is 4.01. The average molecular weight is 249 g/mol. The molecule has 2 rings (SSSR count). The van der Waals surface area contributed by atoms with Crippen LogP contribution in [0.25, 0.3) is 0 Å². The zero-order valence-corrected chi connectivity index (χ0v) is 10.2. The van der Waals surface area contributed by atoms with Crippen LogP contribution in [-0.4, -0.2) is 12.0 Å². The highest BCUT2D eigenvalue weighted by Crippen LogP contribution is 2.17. The lowest BCUT2D eigenvalue weighted by molar-refractivity contribution is 0.305. The van der Waals surface area contributed by atoms with E-state index in [4.69, 9.17) is 16.3 Å². The van der Waals surface area contributed by atoms with Crippen molar-refractivity contribution in [3.63, 3.8) is 0 Å². The molecule has 1 aromatic carbocycles. The van der Waals surface area contributed by atoms with E-state index in [1.165, 1.54) is 0 Å². The summed E-state index contributed by atoms with van der Waals surface area (Å²) >= 11 is 5.90. The molecule has 0 aliphatic heterocycles. The van der Waals surface area contributed by atoms with E-state index in [0.29, 0.717) is 11.6 Å². The Bertz CT molecular complexity index is 502. The number of halogens is 1. The first-order chi connectivity index (χ1) is 8.28. The second kappa shape index (κ2) is 5.55. The number of ether oxygens (including phenoxy) is 1. The molecule has 0 aliphatic carbocycles. The minimum Gasteiger partial charge on any atom is -0.487 e. The number of pyridine rings is 1. The summed E-state index contributed by atoms with van der Waals surface area (Å²) in [6.45, 7) is 0.482. The maximum Gasteiger partial charge on any atom is 0.140 e. The highest BCUT2D eigenvalue weighted by Gasteiger charge is 1.98. The number of nitrogens with zero attached hydrogens (tertiary/aromatic N) is 1. The summed E-state index contributed by atoms with van der Waals surface area (Å²) in [5.41, 5.74) is 1.96. The molecule has 2 aromatic rings. The third-order valence-electron chi connectivity index (χ3n) is 2.30. The molecule has 0 saturated carbocycles. The quantitative estimate of drug-likeness (QED) is 0.901. The van der Waals surface area contributed by atoms with Gasteiger partial charge in [0.2, 0.25) is 0 Å². The molecule has 0 atom stereocenters. The normalized spacial score (nSPS) is 10.0. The van der Waals surface area contributed by atoms with E-state index < -0.39 is 0 Å². The largest absolute Gasteiger partial charge is 0.487 e. The molecule has 1 aromatic heterocycles. The van der Waals surface area contributed by atoms with Gasteiger partial charge in [-0.2, -0.15) is 0 Å². The predicted octanol–water partition coefficient (Wildman–Crippen LogP) is 3.36. The predicted molar refractivity (Wildman–Crippen MR) is 69.6 cm³/mol. The van der Waals surface area contributed by atoms with E-state index in [1.54, 1.807) is 12.4 Å². The highest BCUT2D eigenvalue weighted by atomic mass is 35.5. The summed E-state index contributed by atoms with van der Waals surface area (Å²) < 4.78 is 5.63. The summed E-state index contributed by atoms with van der Waals surface area (Å²) in [6, 6.07) is 9.51. The molecule has 0 spiro atoms. The van der Waals surface area contributed by atoms with Gasteiger partial charge in [0.1, 0.15) is 12.4 Å². The van der Waals surface area contributed by atoms with Crippen molar-refractivity contribution >= 4 is 17.3 Å². The van der Waals surface area contributed by atoms with Crippen LogP contribution in [0.15, 0.2) is 42.7 Å². The van der Waals surface area contributed by atoms with Crippen molar-refractivity contribution in [1.29, 1.82) is 0 Å². The zero-order chi connectivity index (χ0) is 12.1. The number of nitrogens with one attached hydrogen (secondary N) is 1. The Hall–Kier alpha value is -1.74. The summed E-state index contributed by atoms with van der Waals surface area (Å²) in [7, 11) is 1.85. The maximum atomic E-state index is 5.90. The molecular weight excluding hydrogens is 236 g/mol. The van der Waals surface area contributed by atoms with Crippen LogP contribution >= 0.6 is 11.6 Å². The van der Waals surface area contributed by atoms with Crippen LogP contribution in [-0.2, 0) is 6.61 Å². The van der Waals surface area contributed by atoms with E-state index >= 15 is 0 Å². The van der Waals surface area contributed by atoms with Gasteiger partial charge in [0.15, 0.2) is 0 Å². The summed E-state index contributed by atoms with van der Waals surface area (Å²) in [4.78, 5) is 4.07. The van der Waals surface area contributed by atoms with E-state index in [-0.39, 0.29) is 0 Å². The summed E-state index contributed by atoms with van der Waals surface area (Å²) in [5.74, 6) is 0.733. The van der Waals surface area contributed by atoms with Gasteiger partial charge >= 0.3 is 0 Å². The van der Waals surface area contributed by atoms with Gasteiger partial charge in [0.05, 0.1) is 18.1 Å². The molecule has 88 valence electrons. The summed E-state index contributed by atoms with van der Waals surface area (Å²) in [6.07, 6.45) is 3.43. The fourth-order valence-corrected chi connectivity index (χ4v) is 1.64. The van der Waals surface area contributed by atoms with Gasteiger partial charge in [-0.25, -0.2) is 0 Å². The first kappa shape index (κ1) is 11.7. The SMILES string of the molecule is CNc1cncc(OCc2cccc(Cl)c2)c1. The average Bonchev–Trinajstić information content (AvgIpc) is 2.37. The third-order valence-corrected chi connectivity index (χ3v) is 2.53. The number of hydrogen-bond acceptors (Lipinski definition) is 3. The van der Waals surface area contributed by atoms with Gasteiger partial charge < -0.3 is 10.1 Å². The Morgan fingerprint density at radius 1 is 1.29 bits per heavy atom. The molecule has 0 amide bonds. The van der Waals surface area contributed by atoms with E-state index in [0.717, 1.165) is 17.0 Å². The number of aromatic nitrogens is 1. The molecule has 0 fully saturated rings. The number of rotatable bonds is 4. The zero-order valence-electron chi connectivity index (χ0n) is 9.48. The minimum absolute atomic E-state index is 0.482. The van der Waals surface area contributed by atoms with Crippen LogP contribution < -0.4 is 10.1 Å². The Morgan fingerprint density at radius 2 is 2.18 bits per heavy atom. The van der Waals surface area contributed by atoms with Crippen molar-refractivity contribution in [3.8, 4) is 5.75 Å². The van der Waals surface area contributed by atoms with Crippen LogP contribution in [0.3, 0.4) is 0 Å². The van der Waals surface area contributed by atoms with E-state index in [1.807, 2.05) is 37.4 Å². The molecule has 0 radical (unpaired) electrons. The lowest BCUT2D eigenvalue weighted by atomic mass is 10.2. The lowest BCUT2D eigenvalue weighted by Crippen LogP contribution is -1.97. The molecular formula is C13H13ClN2O. The molecule has 17 heavy (non-hydrogen) atoms. The number of anilines is 1. The van der Waals surface area contributed by atoms with Gasteiger partial charge in [0, 0.05) is 18.1 Å². The smallest absolute Gasteiger partial charge is 0.140 e. The van der Waals surface area contributed by atoms with Gasteiger partial charge in [-0.1, -0.05) is 23.7 Å². The van der Waals surface area contributed by atoms with Crippen LogP contribution in [0.1, 0.15) is 5.56 Å². The van der Waals surface area contributed by atoms with Crippen LogP contribution in [0.5, 0.6) is 5.75 Å². The molecule has 1 N–H and O–H groups in total. The van der Waals surface area contributed by atoms with Gasteiger partial charge in [-0.3, -0.25) is 4.98 Å². The van der Waals surface area contributed by atoms with Crippen LogP contribution in [0.2, 0.25) is 5.02 Å². The van der Waals surface area contributed by atoms with Gasteiger partial charge in [0.25, 0.3) is 0 Å². The summed E-state index contributed by atoms with van der Waals surface area (Å²) in [5, 5.41) is 3.73. The molecule has 0 aliphatic rings. The van der Waals surface area contributed by atoms with Crippen molar-refractivity contribution < 1.29 is 4.74 Å². The van der Waals surface area contributed by atoms with E-state index in [9.17, 15) is 0 Å². The van der Waals surface area contributed by atoms with E-state index in [2.05, 4.69) is 10.3 Å². The third kappa shape index (κ3) is 3.36. The van der Waals surface area contributed by atoms with Crippen molar-refractivity contribution in [2.24, 2.45) is 0 Å². The monoisotopic (exact) mass is 248 g/mol. The van der Waals surface area contributed by atoms with Crippen molar-refractivity contribution in [2.45, 2.75) is 6.61 Å². The van der Waals surface area contributed by atoms with Crippen molar-refractivity contribution in [2.75, 3.05) is 12.4 Å².